The molecule has 0 aliphatic heterocycles. The third kappa shape index (κ3) is 4.43. The molecule has 106 valence electrons. The Balaban J connectivity index is 2.74. The lowest BCUT2D eigenvalue weighted by atomic mass is 9.96. The molecular formula is C16H20N2O2. The number of hydrogen-bond donors (Lipinski definition) is 2. The van der Waals surface area contributed by atoms with Crippen molar-refractivity contribution in [1.82, 2.24) is 10.6 Å². The molecule has 2 amide bonds. The van der Waals surface area contributed by atoms with Gasteiger partial charge < -0.3 is 10.6 Å². The zero-order valence-corrected chi connectivity index (χ0v) is 12.3. The summed E-state index contributed by atoms with van der Waals surface area (Å²) in [6, 6.07) is 7.11. The molecule has 0 unspecified atom stereocenters. The van der Waals surface area contributed by atoms with Crippen molar-refractivity contribution in [3.63, 3.8) is 0 Å². The average Bonchev–Trinajstić information content (AvgIpc) is 2.41. The van der Waals surface area contributed by atoms with Crippen LogP contribution in [0.1, 0.15) is 36.7 Å². The Hall–Kier alpha value is -2.28. The molecule has 0 aliphatic carbocycles. The normalized spacial score (nSPS) is 10.2. The zero-order chi connectivity index (χ0) is 15.2. The first-order valence-electron chi connectivity index (χ1n) is 6.44. The summed E-state index contributed by atoms with van der Waals surface area (Å²) in [5.41, 5.74) is 0.753. The van der Waals surface area contributed by atoms with Crippen molar-refractivity contribution in [1.29, 1.82) is 0 Å². The van der Waals surface area contributed by atoms with Crippen LogP contribution in [0.4, 0.5) is 0 Å². The number of carbonyl (C=O) groups excluding carboxylic acids is 2. The Labute approximate surface area is 120 Å². The van der Waals surface area contributed by atoms with Crippen LogP contribution in [0.2, 0.25) is 0 Å². The van der Waals surface area contributed by atoms with Gasteiger partial charge in [-0.2, -0.15) is 0 Å². The van der Waals surface area contributed by atoms with Crippen LogP contribution in [0.3, 0.4) is 0 Å². The van der Waals surface area contributed by atoms with E-state index >= 15 is 0 Å². The fraction of sp³-hybridized carbons (Fsp3) is 0.375. The van der Waals surface area contributed by atoms with Gasteiger partial charge in [0.1, 0.15) is 0 Å². The predicted octanol–water partition coefficient (Wildman–Crippen LogP) is 1.56. The second kappa shape index (κ2) is 6.76. The predicted molar refractivity (Wildman–Crippen MR) is 79.2 cm³/mol. The second-order valence-corrected chi connectivity index (χ2v) is 5.36. The van der Waals surface area contributed by atoms with E-state index in [-0.39, 0.29) is 18.4 Å². The largest absolute Gasteiger partial charge is 0.355 e. The highest BCUT2D eigenvalue weighted by atomic mass is 16.2. The van der Waals surface area contributed by atoms with E-state index < -0.39 is 5.41 Å². The summed E-state index contributed by atoms with van der Waals surface area (Å²) in [5.74, 6) is 5.55. The van der Waals surface area contributed by atoms with Gasteiger partial charge in [-0.3, -0.25) is 9.59 Å². The van der Waals surface area contributed by atoms with E-state index in [0.717, 1.165) is 0 Å². The maximum atomic E-state index is 11.7. The van der Waals surface area contributed by atoms with Crippen molar-refractivity contribution in [3.8, 4) is 11.8 Å². The monoisotopic (exact) mass is 272 g/mol. The highest BCUT2D eigenvalue weighted by Gasteiger charge is 2.19. The molecule has 1 rings (SSSR count). The van der Waals surface area contributed by atoms with Crippen molar-refractivity contribution in [3.05, 3.63) is 35.4 Å². The van der Waals surface area contributed by atoms with Gasteiger partial charge in [0.15, 0.2) is 0 Å². The minimum Gasteiger partial charge on any atom is -0.355 e. The molecule has 0 heterocycles. The van der Waals surface area contributed by atoms with Gasteiger partial charge in [-0.05, 0) is 12.1 Å². The number of carbonyl (C=O) groups is 2. The summed E-state index contributed by atoms with van der Waals surface area (Å²) in [6.07, 6.45) is 0. The van der Waals surface area contributed by atoms with E-state index in [0.29, 0.717) is 11.1 Å². The molecule has 1 aromatic rings. The molecule has 0 bridgehead atoms. The van der Waals surface area contributed by atoms with Crippen LogP contribution in [-0.4, -0.2) is 25.4 Å². The van der Waals surface area contributed by atoms with Crippen LogP contribution >= 0.6 is 0 Å². The molecule has 20 heavy (non-hydrogen) atoms. The van der Waals surface area contributed by atoms with Gasteiger partial charge in [-0.15, -0.1) is 0 Å². The Kier molecular flexibility index (Phi) is 5.33. The summed E-state index contributed by atoms with van der Waals surface area (Å²) >= 11 is 0. The van der Waals surface area contributed by atoms with Crippen molar-refractivity contribution in [2.45, 2.75) is 20.8 Å². The van der Waals surface area contributed by atoms with Crippen LogP contribution in [0, 0.1) is 17.3 Å². The molecule has 1 aromatic carbocycles. The first kappa shape index (κ1) is 15.8. The molecule has 4 nitrogen and oxygen atoms in total. The van der Waals surface area contributed by atoms with E-state index in [2.05, 4.69) is 22.5 Å². The Morgan fingerprint density at radius 3 is 2.45 bits per heavy atom. The van der Waals surface area contributed by atoms with Gasteiger partial charge in [0.2, 0.25) is 5.91 Å². The summed E-state index contributed by atoms with van der Waals surface area (Å²) in [5, 5.41) is 5.32. The van der Waals surface area contributed by atoms with Crippen molar-refractivity contribution in [2.75, 3.05) is 13.6 Å². The van der Waals surface area contributed by atoms with E-state index in [1.54, 1.807) is 25.2 Å². The highest BCUT2D eigenvalue weighted by Crippen LogP contribution is 2.11. The molecule has 2 N–H and O–H groups in total. The first-order chi connectivity index (χ1) is 9.36. The average molecular weight is 272 g/mol. The maximum Gasteiger partial charge on any atom is 0.252 e. The van der Waals surface area contributed by atoms with Crippen LogP contribution in [-0.2, 0) is 4.79 Å². The fourth-order valence-electron chi connectivity index (χ4n) is 1.45. The van der Waals surface area contributed by atoms with Crippen LogP contribution in [0.15, 0.2) is 24.3 Å². The van der Waals surface area contributed by atoms with Gasteiger partial charge in [-0.25, -0.2) is 0 Å². The fourth-order valence-corrected chi connectivity index (χ4v) is 1.45. The molecule has 0 aromatic heterocycles. The van der Waals surface area contributed by atoms with Crippen LogP contribution in [0.25, 0.3) is 0 Å². The zero-order valence-electron chi connectivity index (χ0n) is 12.3. The standard InChI is InChI=1S/C16H20N2O2/c1-16(2,3)15(20)18-11-7-9-12-8-5-6-10-13(12)14(19)17-4/h5-6,8,10H,11H2,1-4H3,(H,17,19)(H,18,20). The summed E-state index contributed by atoms with van der Waals surface area (Å²) in [6.45, 7) is 5.79. The Morgan fingerprint density at radius 2 is 1.85 bits per heavy atom. The summed E-state index contributed by atoms with van der Waals surface area (Å²) < 4.78 is 0. The summed E-state index contributed by atoms with van der Waals surface area (Å²) in [4.78, 5) is 23.3. The Bertz CT molecular complexity index is 560. The number of benzene rings is 1. The second-order valence-electron chi connectivity index (χ2n) is 5.36. The lowest BCUT2D eigenvalue weighted by Crippen LogP contribution is -2.34. The smallest absolute Gasteiger partial charge is 0.252 e. The van der Waals surface area contributed by atoms with Gasteiger partial charge >= 0.3 is 0 Å². The van der Waals surface area contributed by atoms with Gasteiger partial charge in [0.25, 0.3) is 5.91 Å². The SMILES string of the molecule is CNC(=O)c1ccccc1C#CCNC(=O)C(C)(C)C. The third-order valence-electron chi connectivity index (χ3n) is 2.64. The minimum absolute atomic E-state index is 0.0496. The molecule has 0 saturated heterocycles. The highest BCUT2D eigenvalue weighted by molar-refractivity contribution is 5.96. The number of hydrogen-bond acceptors (Lipinski definition) is 2. The van der Waals surface area contributed by atoms with E-state index in [1.165, 1.54) is 0 Å². The molecule has 0 spiro atoms. The van der Waals surface area contributed by atoms with Crippen molar-refractivity contribution >= 4 is 11.8 Å². The number of rotatable bonds is 2. The van der Waals surface area contributed by atoms with Gasteiger partial charge in [0.05, 0.1) is 12.1 Å². The van der Waals surface area contributed by atoms with Crippen LogP contribution < -0.4 is 10.6 Å². The third-order valence-corrected chi connectivity index (χ3v) is 2.64. The van der Waals surface area contributed by atoms with Gasteiger partial charge in [0, 0.05) is 18.0 Å². The lowest BCUT2D eigenvalue weighted by Gasteiger charge is -2.16. The number of amides is 2. The lowest BCUT2D eigenvalue weighted by molar-refractivity contribution is -0.128. The molecular weight excluding hydrogens is 252 g/mol. The van der Waals surface area contributed by atoms with E-state index in [9.17, 15) is 9.59 Å². The first-order valence-corrected chi connectivity index (χ1v) is 6.44. The summed E-state index contributed by atoms with van der Waals surface area (Å²) in [7, 11) is 1.58. The minimum atomic E-state index is -0.429. The molecule has 0 aliphatic rings. The quantitative estimate of drug-likeness (QED) is 0.803. The van der Waals surface area contributed by atoms with Crippen LogP contribution in [0.5, 0.6) is 0 Å². The molecule has 0 saturated carbocycles. The molecule has 0 fully saturated rings. The van der Waals surface area contributed by atoms with E-state index in [1.807, 2.05) is 26.8 Å². The maximum absolute atomic E-state index is 11.7. The molecule has 0 atom stereocenters. The molecule has 0 radical (unpaired) electrons. The van der Waals surface area contributed by atoms with Gasteiger partial charge in [-0.1, -0.05) is 44.7 Å². The Morgan fingerprint density at radius 1 is 1.20 bits per heavy atom. The van der Waals surface area contributed by atoms with Crippen molar-refractivity contribution < 1.29 is 9.59 Å². The number of nitrogens with one attached hydrogen (secondary N) is 2. The van der Waals surface area contributed by atoms with E-state index in [4.69, 9.17) is 0 Å². The van der Waals surface area contributed by atoms with Crippen molar-refractivity contribution in [2.24, 2.45) is 5.41 Å². The topological polar surface area (TPSA) is 58.2 Å². The molecule has 4 heteroatoms.